The highest BCUT2D eigenvalue weighted by Gasteiger charge is 2.20. The molecule has 28 heavy (non-hydrogen) atoms. The molecule has 2 aromatic heterocycles. The average molecular weight is 377 g/mol. The van der Waals surface area contributed by atoms with E-state index >= 15 is 0 Å². The molecule has 0 bridgehead atoms. The molecular formula is C22H28N6. The molecule has 1 aliphatic rings. The van der Waals surface area contributed by atoms with Crippen molar-refractivity contribution in [2.24, 2.45) is 5.92 Å². The lowest BCUT2D eigenvalue weighted by atomic mass is 9.92. The molecule has 2 N–H and O–H groups in total. The summed E-state index contributed by atoms with van der Waals surface area (Å²) in [6.45, 7) is 7.18. The van der Waals surface area contributed by atoms with Crippen LogP contribution in [-0.2, 0) is 13.0 Å². The maximum absolute atomic E-state index is 5.86. The number of rotatable bonds is 5. The van der Waals surface area contributed by atoms with E-state index in [9.17, 15) is 0 Å². The highest BCUT2D eigenvalue weighted by Crippen LogP contribution is 2.23. The lowest BCUT2D eigenvalue weighted by Crippen LogP contribution is -2.33. The number of nitrogens with two attached hydrogens (primary N) is 1. The third-order valence-electron chi connectivity index (χ3n) is 5.46. The van der Waals surface area contributed by atoms with Gasteiger partial charge in [0.2, 0.25) is 0 Å². The van der Waals surface area contributed by atoms with Crippen LogP contribution in [0.5, 0.6) is 0 Å². The molecule has 0 aliphatic carbocycles. The molecule has 4 rings (SSSR count). The van der Waals surface area contributed by atoms with Gasteiger partial charge in [-0.1, -0.05) is 17.7 Å². The zero-order valence-corrected chi connectivity index (χ0v) is 16.7. The van der Waals surface area contributed by atoms with E-state index in [0.29, 0.717) is 11.7 Å². The van der Waals surface area contributed by atoms with E-state index in [0.717, 1.165) is 43.3 Å². The van der Waals surface area contributed by atoms with Gasteiger partial charge in [-0.25, -0.2) is 14.6 Å². The van der Waals surface area contributed by atoms with E-state index in [1.165, 1.54) is 24.0 Å². The van der Waals surface area contributed by atoms with Gasteiger partial charge in [0, 0.05) is 30.1 Å². The number of aromatic nitrogens is 4. The largest absolute Gasteiger partial charge is 0.384 e. The number of anilines is 1. The van der Waals surface area contributed by atoms with Crippen LogP contribution in [0, 0.1) is 19.8 Å². The summed E-state index contributed by atoms with van der Waals surface area (Å²) in [6.07, 6.45) is 7.50. The Labute approximate surface area is 166 Å². The zero-order chi connectivity index (χ0) is 19.5. The third kappa shape index (κ3) is 4.57. The van der Waals surface area contributed by atoms with E-state index in [1.807, 2.05) is 23.9 Å². The second-order valence-electron chi connectivity index (χ2n) is 7.88. The fourth-order valence-electron chi connectivity index (χ4n) is 3.94. The zero-order valence-electron chi connectivity index (χ0n) is 16.7. The van der Waals surface area contributed by atoms with Crippen molar-refractivity contribution in [1.29, 1.82) is 0 Å². The fraction of sp³-hybridized carbons (Fsp3) is 0.409. The van der Waals surface area contributed by atoms with E-state index in [-0.39, 0.29) is 0 Å². The predicted octanol–water partition coefficient (Wildman–Crippen LogP) is 3.32. The Morgan fingerprint density at radius 2 is 1.82 bits per heavy atom. The van der Waals surface area contributed by atoms with Crippen molar-refractivity contribution in [2.45, 2.75) is 39.7 Å². The summed E-state index contributed by atoms with van der Waals surface area (Å²) >= 11 is 0. The molecule has 0 amide bonds. The minimum absolute atomic E-state index is 0.575. The van der Waals surface area contributed by atoms with Gasteiger partial charge in [-0.3, -0.25) is 4.90 Å². The Balaban J connectivity index is 1.30. The lowest BCUT2D eigenvalue weighted by molar-refractivity contribution is 0.176. The molecule has 1 fully saturated rings. The van der Waals surface area contributed by atoms with Gasteiger partial charge in [-0.05, 0) is 64.3 Å². The minimum atomic E-state index is 0.575. The number of nitrogen functional groups attached to an aromatic ring is 1. The summed E-state index contributed by atoms with van der Waals surface area (Å²) in [7, 11) is 0. The van der Waals surface area contributed by atoms with Crippen LogP contribution in [0.3, 0.4) is 0 Å². The smallest absolute Gasteiger partial charge is 0.127 e. The fourth-order valence-corrected chi connectivity index (χ4v) is 3.94. The van der Waals surface area contributed by atoms with E-state index < -0.39 is 0 Å². The molecule has 0 atom stereocenters. The van der Waals surface area contributed by atoms with Gasteiger partial charge in [-0.15, -0.1) is 0 Å². The number of piperidine rings is 1. The van der Waals surface area contributed by atoms with Crippen molar-refractivity contribution in [1.82, 2.24) is 24.6 Å². The van der Waals surface area contributed by atoms with Crippen LogP contribution in [-0.4, -0.2) is 37.7 Å². The number of aryl methyl sites for hydroxylation is 2. The molecular weight excluding hydrogens is 348 g/mol. The minimum Gasteiger partial charge on any atom is -0.384 e. The van der Waals surface area contributed by atoms with Gasteiger partial charge < -0.3 is 5.73 Å². The van der Waals surface area contributed by atoms with Crippen molar-refractivity contribution < 1.29 is 0 Å². The van der Waals surface area contributed by atoms with Crippen LogP contribution >= 0.6 is 0 Å². The van der Waals surface area contributed by atoms with Crippen molar-refractivity contribution in [3.63, 3.8) is 0 Å². The molecule has 1 saturated heterocycles. The molecule has 6 nitrogen and oxygen atoms in total. The molecule has 1 aliphatic heterocycles. The first-order valence-corrected chi connectivity index (χ1v) is 9.98. The van der Waals surface area contributed by atoms with E-state index in [1.54, 1.807) is 0 Å². The van der Waals surface area contributed by atoms with Crippen molar-refractivity contribution in [3.8, 4) is 5.69 Å². The van der Waals surface area contributed by atoms with Crippen LogP contribution in [0.1, 0.15) is 35.5 Å². The third-order valence-corrected chi connectivity index (χ3v) is 5.46. The maximum atomic E-state index is 5.86. The van der Waals surface area contributed by atoms with E-state index in [4.69, 9.17) is 5.73 Å². The highest BCUT2D eigenvalue weighted by molar-refractivity contribution is 5.34. The first-order chi connectivity index (χ1) is 13.5. The lowest BCUT2D eigenvalue weighted by Gasteiger charge is -2.31. The van der Waals surface area contributed by atoms with Crippen LogP contribution in [0.4, 0.5) is 5.82 Å². The molecule has 146 valence electrons. The quantitative estimate of drug-likeness (QED) is 0.739. The average Bonchev–Trinajstić information content (AvgIpc) is 3.12. The Morgan fingerprint density at radius 3 is 2.54 bits per heavy atom. The highest BCUT2D eigenvalue weighted by atomic mass is 15.3. The van der Waals surface area contributed by atoms with Gasteiger partial charge in [0.15, 0.2) is 0 Å². The van der Waals surface area contributed by atoms with E-state index in [2.05, 4.69) is 57.4 Å². The molecule has 6 heteroatoms. The summed E-state index contributed by atoms with van der Waals surface area (Å²) < 4.78 is 1.96. The predicted molar refractivity (Wildman–Crippen MR) is 111 cm³/mol. The van der Waals surface area contributed by atoms with Gasteiger partial charge >= 0.3 is 0 Å². The normalized spacial score (nSPS) is 15.8. The van der Waals surface area contributed by atoms with Crippen LogP contribution in [0.15, 0.2) is 42.7 Å². The monoisotopic (exact) mass is 376 g/mol. The van der Waals surface area contributed by atoms with Crippen molar-refractivity contribution in [3.05, 3.63) is 65.4 Å². The Bertz CT molecular complexity index is 902. The SMILES string of the molecule is Cc1ccc(-n2cc(CN3CCC(Cc4cc(N)nc(C)n4)CC3)cn2)cc1. The van der Waals surface area contributed by atoms with Crippen LogP contribution in [0.25, 0.3) is 5.69 Å². The standard InChI is InChI=1S/C22H28N6/c1-16-3-5-21(6-4-16)28-15-19(13-24-28)14-27-9-7-18(8-10-27)11-20-12-22(23)26-17(2)25-20/h3-6,12-13,15,18H,7-11,14H2,1-2H3,(H2,23,25,26). The Hall–Kier alpha value is -2.73. The summed E-state index contributed by atoms with van der Waals surface area (Å²) in [5.41, 5.74) is 10.6. The number of hydrogen-bond donors (Lipinski definition) is 1. The van der Waals surface area contributed by atoms with Gasteiger partial charge in [0.05, 0.1) is 11.9 Å². The Morgan fingerprint density at radius 1 is 1.07 bits per heavy atom. The summed E-state index contributed by atoms with van der Waals surface area (Å²) in [4.78, 5) is 11.2. The molecule has 1 aromatic carbocycles. The summed E-state index contributed by atoms with van der Waals surface area (Å²) in [6, 6.07) is 10.4. The second-order valence-corrected chi connectivity index (χ2v) is 7.88. The Kier molecular flexibility index (Phi) is 5.39. The van der Waals surface area contributed by atoms with Gasteiger partial charge in [0.1, 0.15) is 11.6 Å². The topological polar surface area (TPSA) is 72.9 Å². The first kappa shape index (κ1) is 18.6. The molecule has 0 spiro atoms. The van der Waals surface area contributed by atoms with Crippen LogP contribution in [0.2, 0.25) is 0 Å². The second kappa shape index (κ2) is 8.10. The van der Waals surface area contributed by atoms with Crippen LogP contribution < -0.4 is 5.73 Å². The van der Waals surface area contributed by atoms with Crippen molar-refractivity contribution >= 4 is 5.82 Å². The number of hydrogen-bond acceptors (Lipinski definition) is 5. The number of benzene rings is 1. The molecule has 3 aromatic rings. The molecule has 3 heterocycles. The van der Waals surface area contributed by atoms with Crippen molar-refractivity contribution in [2.75, 3.05) is 18.8 Å². The molecule has 0 unspecified atom stereocenters. The summed E-state index contributed by atoms with van der Waals surface area (Å²) in [5, 5.41) is 4.53. The number of likely N-dealkylation sites (tertiary alicyclic amines) is 1. The molecule has 0 saturated carbocycles. The maximum Gasteiger partial charge on any atom is 0.127 e. The first-order valence-electron chi connectivity index (χ1n) is 9.98. The van der Waals surface area contributed by atoms with Gasteiger partial charge in [-0.2, -0.15) is 5.10 Å². The van der Waals surface area contributed by atoms with Gasteiger partial charge in [0.25, 0.3) is 0 Å². The summed E-state index contributed by atoms with van der Waals surface area (Å²) in [5.74, 6) is 2.00. The number of nitrogens with zero attached hydrogens (tertiary/aromatic N) is 5. The molecule has 0 radical (unpaired) electrons.